The molecule has 0 aliphatic heterocycles. The molecule has 0 fully saturated rings. The quantitative estimate of drug-likeness (QED) is 0.331. The minimum Gasteiger partial charge on any atom is -0.310 e. The maximum absolute atomic E-state index is 2.40. The molecule has 1 nitrogen and oxygen atoms in total. The summed E-state index contributed by atoms with van der Waals surface area (Å²) in [5.74, 6) is 0. The van der Waals surface area contributed by atoms with Gasteiger partial charge in [-0.05, 0) is 77.6 Å². The second kappa shape index (κ2) is 7.42. The van der Waals surface area contributed by atoms with Crippen molar-refractivity contribution in [3.8, 4) is 11.1 Å². The van der Waals surface area contributed by atoms with Crippen molar-refractivity contribution in [1.29, 1.82) is 0 Å². The van der Waals surface area contributed by atoms with Crippen LogP contribution in [0.5, 0.6) is 0 Å². The maximum atomic E-state index is 2.40. The Balaban J connectivity index is 1.69. The Kier molecular flexibility index (Phi) is 4.70. The van der Waals surface area contributed by atoms with Crippen molar-refractivity contribution >= 4 is 17.1 Å². The van der Waals surface area contributed by atoms with Crippen molar-refractivity contribution < 1.29 is 0 Å². The molecule has 154 valence electrons. The summed E-state index contributed by atoms with van der Waals surface area (Å²) in [5.41, 5.74) is 11.7. The van der Waals surface area contributed by atoms with Gasteiger partial charge in [-0.15, -0.1) is 0 Å². The van der Waals surface area contributed by atoms with E-state index in [0.29, 0.717) is 0 Å². The molecule has 0 saturated heterocycles. The van der Waals surface area contributed by atoms with Crippen LogP contribution in [0.2, 0.25) is 0 Å². The van der Waals surface area contributed by atoms with Crippen LogP contribution in [0, 0.1) is 6.92 Å². The Labute approximate surface area is 186 Å². The Morgan fingerprint density at radius 2 is 1.32 bits per heavy atom. The second-order valence-corrected chi connectivity index (χ2v) is 9.09. The summed E-state index contributed by atoms with van der Waals surface area (Å²) in [4.78, 5) is 2.39. The van der Waals surface area contributed by atoms with E-state index < -0.39 is 0 Å². The van der Waals surface area contributed by atoms with E-state index in [4.69, 9.17) is 0 Å². The summed E-state index contributed by atoms with van der Waals surface area (Å²) in [6.07, 6.45) is 1.03. The average molecular weight is 404 g/mol. The normalized spacial score (nSPS) is 13.5. The molecule has 0 spiro atoms. The van der Waals surface area contributed by atoms with Crippen LogP contribution in [0.1, 0.15) is 43.0 Å². The third kappa shape index (κ3) is 3.25. The van der Waals surface area contributed by atoms with E-state index in [2.05, 4.69) is 124 Å². The average Bonchev–Trinajstić information content (AvgIpc) is 3.02. The molecule has 0 atom stereocenters. The van der Waals surface area contributed by atoms with Crippen LogP contribution in [0.15, 0.2) is 91.0 Å². The van der Waals surface area contributed by atoms with E-state index in [-0.39, 0.29) is 5.41 Å². The molecule has 0 radical (unpaired) electrons. The smallest absolute Gasteiger partial charge is 0.0465 e. The van der Waals surface area contributed by atoms with Crippen molar-refractivity contribution in [2.75, 3.05) is 4.90 Å². The topological polar surface area (TPSA) is 3.24 Å². The molecule has 1 aliphatic carbocycles. The van der Waals surface area contributed by atoms with Gasteiger partial charge in [0.1, 0.15) is 0 Å². The fraction of sp³-hybridized carbons (Fsp3) is 0.200. The van der Waals surface area contributed by atoms with Crippen LogP contribution >= 0.6 is 0 Å². The van der Waals surface area contributed by atoms with Crippen molar-refractivity contribution in [1.82, 2.24) is 0 Å². The van der Waals surface area contributed by atoms with E-state index in [1.807, 2.05) is 0 Å². The summed E-state index contributed by atoms with van der Waals surface area (Å²) in [6, 6.07) is 33.5. The molecule has 4 aromatic carbocycles. The lowest BCUT2D eigenvalue weighted by molar-refractivity contribution is 0.660. The van der Waals surface area contributed by atoms with E-state index >= 15 is 0 Å². The number of fused-ring (bicyclic) bond motifs is 3. The minimum atomic E-state index is -0.00779. The first-order valence-corrected chi connectivity index (χ1v) is 11.2. The molecular formula is C30H29N. The fourth-order valence-electron chi connectivity index (χ4n) is 4.89. The van der Waals surface area contributed by atoms with E-state index in [9.17, 15) is 0 Å². The SMILES string of the molecule is CCc1cccc(N(c2ccc(C)cc2)c2ccc3c(c2)C(C)(C)c2ccccc2-3)c1. The minimum absolute atomic E-state index is 0.00779. The van der Waals surface area contributed by atoms with Gasteiger partial charge in [0.2, 0.25) is 0 Å². The lowest BCUT2D eigenvalue weighted by Crippen LogP contribution is -2.16. The summed E-state index contributed by atoms with van der Waals surface area (Å²) in [7, 11) is 0. The van der Waals surface area contributed by atoms with Gasteiger partial charge in [-0.1, -0.05) is 80.9 Å². The highest BCUT2D eigenvalue weighted by atomic mass is 15.1. The van der Waals surface area contributed by atoms with Gasteiger partial charge in [0.25, 0.3) is 0 Å². The molecule has 1 heteroatoms. The molecule has 0 bridgehead atoms. The van der Waals surface area contributed by atoms with Crippen LogP contribution < -0.4 is 4.90 Å². The highest BCUT2D eigenvalue weighted by Gasteiger charge is 2.35. The maximum Gasteiger partial charge on any atom is 0.0465 e. The summed E-state index contributed by atoms with van der Waals surface area (Å²) in [5, 5.41) is 0. The van der Waals surface area contributed by atoms with Gasteiger partial charge < -0.3 is 4.90 Å². The number of benzene rings is 4. The van der Waals surface area contributed by atoms with E-state index in [0.717, 1.165) is 6.42 Å². The summed E-state index contributed by atoms with van der Waals surface area (Å²) < 4.78 is 0. The lowest BCUT2D eigenvalue weighted by atomic mass is 9.82. The van der Waals surface area contributed by atoms with Gasteiger partial charge in [0.15, 0.2) is 0 Å². The number of hydrogen-bond acceptors (Lipinski definition) is 1. The van der Waals surface area contributed by atoms with Crippen LogP contribution in [0.4, 0.5) is 17.1 Å². The Morgan fingerprint density at radius 1 is 0.645 bits per heavy atom. The zero-order valence-electron chi connectivity index (χ0n) is 18.8. The molecule has 1 aliphatic rings. The molecule has 0 heterocycles. The fourth-order valence-corrected chi connectivity index (χ4v) is 4.89. The van der Waals surface area contributed by atoms with Gasteiger partial charge in [-0.25, -0.2) is 0 Å². The summed E-state index contributed by atoms with van der Waals surface area (Å²) in [6.45, 7) is 9.04. The monoisotopic (exact) mass is 403 g/mol. The first-order chi connectivity index (χ1) is 15.0. The van der Waals surface area contributed by atoms with Crippen LogP contribution in [0.3, 0.4) is 0 Å². The standard InChI is InChI=1S/C30H29N/c1-5-22-9-8-10-24(19-22)31(23-15-13-21(2)14-16-23)25-17-18-27-26-11-6-7-12-28(26)30(3,4)29(27)20-25/h6-20H,5H2,1-4H3. The molecule has 31 heavy (non-hydrogen) atoms. The number of hydrogen-bond donors (Lipinski definition) is 0. The largest absolute Gasteiger partial charge is 0.310 e. The van der Waals surface area contributed by atoms with Gasteiger partial charge in [-0.2, -0.15) is 0 Å². The highest BCUT2D eigenvalue weighted by Crippen LogP contribution is 2.50. The zero-order valence-corrected chi connectivity index (χ0v) is 18.8. The predicted octanol–water partition coefficient (Wildman–Crippen LogP) is 8.33. The van der Waals surface area contributed by atoms with Crippen molar-refractivity contribution in [3.63, 3.8) is 0 Å². The van der Waals surface area contributed by atoms with Gasteiger partial charge in [0.05, 0.1) is 0 Å². The number of rotatable bonds is 4. The number of anilines is 3. The van der Waals surface area contributed by atoms with Crippen molar-refractivity contribution in [2.45, 2.75) is 39.5 Å². The van der Waals surface area contributed by atoms with E-state index in [1.54, 1.807) is 0 Å². The van der Waals surface area contributed by atoms with Gasteiger partial charge in [0, 0.05) is 22.5 Å². The first-order valence-electron chi connectivity index (χ1n) is 11.2. The van der Waals surface area contributed by atoms with Crippen LogP contribution in [-0.4, -0.2) is 0 Å². The van der Waals surface area contributed by atoms with Crippen LogP contribution in [-0.2, 0) is 11.8 Å². The molecular weight excluding hydrogens is 374 g/mol. The van der Waals surface area contributed by atoms with Crippen molar-refractivity contribution in [3.05, 3.63) is 113 Å². The lowest BCUT2D eigenvalue weighted by Gasteiger charge is -2.28. The van der Waals surface area contributed by atoms with Gasteiger partial charge >= 0.3 is 0 Å². The van der Waals surface area contributed by atoms with Crippen LogP contribution in [0.25, 0.3) is 11.1 Å². The third-order valence-corrected chi connectivity index (χ3v) is 6.69. The zero-order chi connectivity index (χ0) is 21.6. The van der Waals surface area contributed by atoms with Crippen molar-refractivity contribution in [2.24, 2.45) is 0 Å². The Morgan fingerprint density at radius 3 is 2.10 bits per heavy atom. The molecule has 5 rings (SSSR count). The summed E-state index contributed by atoms with van der Waals surface area (Å²) >= 11 is 0. The first kappa shape index (κ1) is 19.6. The Bertz CT molecular complexity index is 1250. The highest BCUT2D eigenvalue weighted by molar-refractivity contribution is 5.85. The molecule has 0 N–H and O–H groups in total. The predicted molar refractivity (Wildman–Crippen MR) is 133 cm³/mol. The molecule has 0 aromatic heterocycles. The number of aryl methyl sites for hydroxylation is 2. The number of nitrogens with zero attached hydrogens (tertiary/aromatic N) is 1. The molecule has 4 aromatic rings. The van der Waals surface area contributed by atoms with Gasteiger partial charge in [-0.3, -0.25) is 0 Å². The molecule has 0 amide bonds. The Hall–Kier alpha value is -3.32. The molecule has 0 unspecified atom stereocenters. The third-order valence-electron chi connectivity index (χ3n) is 6.69. The molecule has 0 saturated carbocycles. The van der Waals surface area contributed by atoms with E-state index in [1.165, 1.54) is 50.4 Å². The second-order valence-electron chi connectivity index (χ2n) is 9.09.